The van der Waals surface area contributed by atoms with Gasteiger partial charge in [-0.1, -0.05) is 0 Å². The van der Waals surface area contributed by atoms with Crippen LogP contribution in [0.4, 0.5) is 5.82 Å². The minimum absolute atomic E-state index is 0.0369. The van der Waals surface area contributed by atoms with Gasteiger partial charge in [-0.2, -0.15) is 0 Å². The van der Waals surface area contributed by atoms with Crippen LogP contribution in [0.15, 0.2) is 6.20 Å². The van der Waals surface area contributed by atoms with Crippen LogP contribution in [-0.4, -0.2) is 35.9 Å². The summed E-state index contributed by atoms with van der Waals surface area (Å²) in [5, 5.41) is 3.15. The van der Waals surface area contributed by atoms with Gasteiger partial charge < -0.3 is 5.32 Å². The number of nitrogens with one attached hydrogen (secondary N) is 1. The summed E-state index contributed by atoms with van der Waals surface area (Å²) in [6, 6.07) is -0.0369. The predicted octanol–water partition coefficient (Wildman–Crippen LogP) is 1.08. The van der Waals surface area contributed by atoms with Crippen molar-refractivity contribution in [3.05, 3.63) is 17.6 Å². The van der Waals surface area contributed by atoms with Crippen LogP contribution in [0.1, 0.15) is 24.2 Å². The van der Waals surface area contributed by atoms with Crippen molar-refractivity contribution in [3.63, 3.8) is 0 Å². The van der Waals surface area contributed by atoms with E-state index >= 15 is 0 Å². The average Bonchev–Trinajstić information content (AvgIpc) is 2.22. The predicted molar refractivity (Wildman–Crippen MR) is 66.8 cm³/mol. The first kappa shape index (κ1) is 12.3. The molecule has 6 heteroatoms. The number of aromatic nitrogens is 2. The van der Waals surface area contributed by atoms with Gasteiger partial charge in [0.2, 0.25) is 0 Å². The Bertz CT molecular complexity index is 513. The van der Waals surface area contributed by atoms with E-state index in [1.807, 2.05) is 13.8 Å². The highest BCUT2D eigenvalue weighted by Crippen LogP contribution is 2.16. The molecule has 94 valence electrons. The molecular weight excluding hydrogens is 238 g/mol. The largest absolute Gasteiger partial charge is 0.365 e. The zero-order valence-electron chi connectivity index (χ0n) is 10.1. The quantitative estimate of drug-likeness (QED) is 0.856. The number of nitrogens with zero attached hydrogens (tertiary/aromatic N) is 2. The molecule has 0 spiro atoms. The summed E-state index contributed by atoms with van der Waals surface area (Å²) in [6.07, 6.45) is 3.25. The molecule has 0 aromatic carbocycles. The molecule has 1 saturated heterocycles. The Labute approximate surface area is 102 Å². The first-order valence-electron chi connectivity index (χ1n) is 5.73. The molecule has 1 N–H and O–H groups in total. The molecule has 0 saturated carbocycles. The third kappa shape index (κ3) is 3.15. The van der Waals surface area contributed by atoms with Crippen LogP contribution < -0.4 is 5.32 Å². The van der Waals surface area contributed by atoms with E-state index < -0.39 is 9.84 Å². The van der Waals surface area contributed by atoms with Crippen LogP contribution in [0.3, 0.4) is 0 Å². The Morgan fingerprint density at radius 2 is 2.12 bits per heavy atom. The molecule has 1 atom stereocenters. The molecule has 17 heavy (non-hydrogen) atoms. The molecule has 1 aliphatic heterocycles. The summed E-state index contributed by atoms with van der Waals surface area (Å²) < 4.78 is 23.0. The van der Waals surface area contributed by atoms with Crippen molar-refractivity contribution < 1.29 is 8.42 Å². The van der Waals surface area contributed by atoms with Crippen LogP contribution in [0.5, 0.6) is 0 Å². The molecule has 1 unspecified atom stereocenters. The number of hydrogen-bond donors (Lipinski definition) is 1. The van der Waals surface area contributed by atoms with Gasteiger partial charge in [0.25, 0.3) is 0 Å². The second-order valence-corrected chi connectivity index (χ2v) is 6.75. The lowest BCUT2D eigenvalue weighted by Gasteiger charge is -2.23. The summed E-state index contributed by atoms with van der Waals surface area (Å²) in [6.45, 7) is 3.79. The van der Waals surface area contributed by atoms with E-state index in [0.717, 1.165) is 24.2 Å². The van der Waals surface area contributed by atoms with Crippen molar-refractivity contribution in [2.75, 3.05) is 16.8 Å². The average molecular weight is 255 g/mol. The van der Waals surface area contributed by atoms with Crippen LogP contribution in [0.25, 0.3) is 0 Å². The summed E-state index contributed by atoms with van der Waals surface area (Å²) >= 11 is 0. The van der Waals surface area contributed by atoms with E-state index in [2.05, 4.69) is 15.3 Å². The summed E-state index contributed by atoms with van der Waals surface area (Å²) in [5.41, 5.74) is 1.76. The maximum atomic E-state index is 11.5. The number of hydrogen-bond acceptors (Lipinski definition) is 5. The Balaban J connectivity index is 2.08. The van der Waals surface area contributed by atoms with E-state index in [1.165, 1.54) is 0 Å². The number of sulfone groups is 1. The lowest BCUT2D eigenvalue weighted by Crippen LogP contribution is -2.35. The molecule has 0 amide bonds. The number of aryl methyl sites for hydroxylation is 2. The Kier molecular flexibility index (Phi) is 3.33. The summed E-state index contributed by atoms with van der Waals surface area (Å²) in [4.78, 5) is 8.55. The molecule has 0 bridgehead atoms. The van der Waals surface area contributed by atoms with E-state index in [4.69, 9.17) is 0 Å². The molecule has 1 fully saturated rings. The van der Waals surface area contributed by atoms with Gasteiger partial charge in [-0.25, -0.2) is 13.4 Å². The van der Waals surface area contributed by atoms with Crippen molar-refractivity contribution >= 4 is 15.7 Å². The SMILES string of the molecule is Cc1ncc(NC2CCCS(=O)(=O)C2)nc1C. The lowest BCUT2D eigenvalue weighted by atomic mass is 10.2. The normalized spacial score (nSPS) is 23.3. The van der Waals surface area contributed by atoms with Gasteiger partial charge in [0.15, 0.2) is 9.84 Å². The molecule has 5 nitrogen and oxygen atoms in total. The standard InChI is InChI=1S/C11H17N3O2S/c1-8-9(2)13-11(6-12-8)14-10-4-3-5-17(15,16)7-10/h6,10H,3-5,7H2,1-2H3,(H,13,14). The van der Waals surface area contributed by atoms with Gasteiger partial charge in [0.05, 0.1) is 29.1 Å². The van der Waals surface area contributed by atoms with Crippen LogP contribution in [0.2, 0.25) is 0 Å². The molecule has 1 aliphatic rings. The zero-order chi connectivity index (χ0) is 12.5. The maximum Gasteiger partial charge on any atom is 0.152 e. The van der Waals surface area contributed by atoms with Gasteiger partial charge >= 0.3 is 0 Å². The molecule has 1 aromatic heterocycles. The number of anilines is 1. The first-order chi connectivity index (χ1) is 7.96. The van der Waals surface area contributed by atoms with Crippen LogP contribution in [-0.2, 0) is 9.84 Å². The minimum atomic E-state index is -2.88. The van der Waals surface area contributed by atoms with E-state index in [-0.39, 0.29) is 11.8 Å². The second-order valence-electron chi connectivity index (χ2n) is 4.52. The van der Waals surface area contributed by atoms with Crippen molar-refractivity contribution in [3.8, 4) is 0 Å². The number of rotatable bonds is 2. The van der Waals surface area contributed by atoms with Gasteiger partial charge in [-0.15, -0.1) is 0 Å². The topological polar surface area (TPSA) is 72.0 Å². The van der Waals surface area contributed by atoms with Crippen LogP contribution in [0, 0.1) is 13.8 Å². The third-order valence-corrected chi connectivity index (χ3v) is 4.83. The first-order valence-corrected chi connectivity index (χ1v) is 7.55. The van der Waals surface area contributed by atoms with Crippen molar-refractivity contribution in [2.24, 2.45) is 0 Å². The maximum absolute atomic E-state index is 11.5. The third-order valence-electron chi connectivity index (χ3n) is 3.01. The van der Waals surface area contributed by atoms with E-state index in [0.29, 0.717) is 11.6 Å². The van der Waals surface area contributed by atoms with E-state index in [9.17, 15) is 8.42 Å². The smallest absolute Gasteiger partial charge is 0.152 e. The van der Waals surface area contributed by atoms with Gasteiger partial charge in [0, 0.05) is 6.04 Å². The second kappa shape index (κ2) is 4.60. The Morgan fingerprint density at radius 3 is 2.76 bits per heavy atom. The molecule has 2 heterocycles. The monoisotopic (exact) mass is 255 g/mol. The van der Waals surface area contributed by atoms with Crippen molar-refractivity contribution in [1.82, 2.24) is 9.97 Å². The molecule has 1 aromatic rings. The van der Waals surface area contributed by atoms with Crippen LogP contribution >= 0.6 is 0 Å². The highest BCUT2D eigenvalue weighted by Gasteiger charge is 2.24. The van der Waals surface area contributed by atoms with E-state index in [1.54, 1.807) is 6.20 Å². The molecular formula is C11H17N3O2S. The Morgan fingerprint density at radius 1 is 1.35 bits per heavy atom. The minimum Gasteiger partial charge on any atom is -0.365 e. The van der Waals surface area contributed by atoms with Crippen molar-refractivity contribution in [2.45, 2.75) is 32.7 Å². The zero-order valence-corrected chi connectivity index (χ0v) is 10.9. The Hall–Kier alpha value is -1.17. The van der Waals surface area contributed by atoms with Gasteiger partial charge in [-0.05, 0) is 26.7 Å². The fourth-order valence-corrected chi connectivity index (χ4v) is 3.59. The summed E-state index contributed by atoms with van der Waals surface area (Å²) in [7, 11) is -2.88. The lowest BCUT2D eigenvalue weighted by molar-refractivity contribution is 0.561. The molecule has 0 radical (unpaired) electrons. The van der Waals surface area contributed by atoms with Gasteiger partial charge in [0.1, 0.15) is 5.82 Å². The van der Waals surface area contributed by atoms with Crippen molar-refractivity contribution in [1.29, 1.82) is 0 Å². The highest BCUT2D eigenvalue weighted by atomic mass is 32.2. The fraction of sp³-hybridized carbons (Fsp3) is 0.636. The molecule has 0 aliphatic carbocycles. The summed E-state index contributed by atoms with van der Waals surface area (Å²) in [5.74, 6) is 1.17. The molecule has 2 rings (SSSR count). The highest BCUT2D eigenvalue weighted by molar-refractivity contribution is 7.91. The fourth-order valence-electron chi connectivity index (χ4n) is 1.96. The van der Waals surface area contributed by atoms with Gasteiger partial charge in [-0.3, -0.25) is 4.98 Å².